The summed E-state index contributed by atoms with van der Waals surface area (Å²) in [5.41, 5.74) is 0.163. The van der Waals surface area contributed by atoms with Gasteiger partial charge in [0.15, 0.2) is 0 Å². The van der Waals surface area contributed by atoms with Crippen molar-refractivity contribution in [3.05, 3.63) is 0 Å². The molecule has 110 valence electrons. The van der Waals surface area contributed by atoms with Crippen LogP contribution in [0.15, 0.2) is 0 Å². The van der Waals surface area contributed by atoms with E-state index in [-0.39, 0.29) is 17.4 Å². The minimum atomic E-state index is -0.233. The maximum absolute atomic E-state index is 12.7. The van der Waals surface area contributed by atoms with Crippen LogP contribution in [0.25, 0.3) is 0 Å². The fourth-order valence-electron chi connectivity index (χ4n) is 3.77. The Morgan fingerprint density at radius 3 is 2.37 bits per heavy atom. The molecule has 1 aliphatic heterocycles. The van der Waals surface area contributed by atoms with Crippen molar-refractivity contribution >= 4 is 5.91 Å². The van der Waals surface area contributed by atoms with Crippen LogP contribution in [-0.2, 0) is 4.79 Å². The van der Waals surface area contributed by atoms with Crippen molar-refractivity contribution in [1.82, 2.24) is 4.90 Å². The molecule has 2 fully saturated rings. The van der Waals surface area contributed by atoms with E-state index in [1.54, 1.807) is 0 Å². The molecule has 2 atom stereocenters. The molecule has 0 spiro atoms. The Balaban J connectivity index is 1.93. The van der Waals surface area contributed by atoms with E-state index in [1.165, 1.54) is 19.3 Å². The zero-order chi connectivity index (χ0) is 14.0. The summed E-state index contributed by atoms with van der Waals surface area (Å²) in [5.74, 6) is 0.960. The molecular formula is C16H29NO2. The van der Waals surface area contributed by atoms with Crippen LogP contribution in [-0.4, -0.2) is 35.1 Å². The summed E-state index contributed by atoms with van der Waals surface area (Å²) < 4.78 is 0. The van der Waals surface area contributed by atoms with Crippen molar-refractivity contribution in [2.45, 2.75) is 65.4 Å². The molecule has 0 aromatic carbocycles. The second-order valence-electron chi connectivity index (χ2n) is 7.19. The van der Waals surface area contributed by atoms with Crippen molar-refractivity contribution in [1.29, 1.82) is 0 Å². The minimum absolute atomic E-state index is 0.163. The first-order valence-electron chi connectivity index (χ1n) is 7.88. The summed E-state index contributed by atoms with van der Waals surface area (Å²) in [4.78, 5) is 14.8. The number of hydrogen-bond acceptors (Lipinski definition) is 2. The van der Waals surface area contributed by atoms with Gasteiger partial charge in [0.2, 0.25) is 5.91 Å². The van der Waals surface area contributed by atoms with Crippen LogP contribution < -0.4 is 0 Å². The fourth-order valence-corrected chi connectivity index (χ4v) is 3.77. The summed E-state index contributed by atoms with van der Waals surface area (Å²) in [6.45, 7) is 8.03. The summed E-state index contributed by atoms with van der Waals surface area (Å²) in [6, 6.07) is 0. The maximum Gasteiger partial charge on any atom is 0.226 e. The van der Waals surface area contributed by atoms with Gasteiger partial charge in [-0.3, -0.25) is 4.79 Å². The summed E-state index contributed by atoms with van der Waals surface area (Å²) in [7, 11) is 0. The highest BCUT2D eigenvalue weighted by molar-refractivity contribution is 5.79. The monoisotopic (exact) mass is 267 g/mol. The van der Waals surface area contributed by atoms with Gasteiger partial charge in [-0.25, -0.2) is 0 Å². The van der Waals surface area contributed by atoms with Crippen LogP contribution in [0.3, 0.4) is 0 Å². The number of rotatable bonds is 2. The molecule has 0 aromatic rings. The Hall–Kier alpha value is -0.570. The van der Waals surface area contributed by atoms with E-state index in [0.717, 1.165) is 32.4 Å². The normalized spacial score (nSPS) is 30.1. The molecule has 2 aliphatic rings. The van der Waals surface area contributed by atoms with E-state index >= 15 is 0 Å². The van der Waals surface area contributed by atoms with Gasteiger partial charge in [0.25, 0.3) is 0 Å². The van der Waals surface area contributed by atoms with Crippen LogP contribution in [0.5, 0.6) is 0 Å². The van der Waals surface area contributed by atoms with E-state index in [4.69, 9.17) is 0 Å². The van der Waals surface area contributed by atoms with Crippen LogP contribution in [0, 0.1) is 17.3 Å². The number of aliphatic hydroxyl groups is 1. The predicted octanol–water partition coefficient (Wildman–Crippen LogP) is 2.82. The smallest absolute Gasteiger partial charge is 0.226 e. The van der Waals surface area contributed by atoms with Gasteiger partial charge in [-0.1, -0.05) is 26.7 Å². The first-order valence-corrected chi connectivity index (χ1v) is 7.88. The van der Waals surface area contributed by atoms with Crippen molar-refractivity contribution in [2.75, 3.05) is 13.1 Å². The number of carbonyl (C=O) groups excluding carboxylic acids is 1. The first-order chi connectivity index (χ1) is 8.92. The number of hydrogen-bond donors (Lipinski definition) is 1. The van der Waals surface area contributed by atoms with Crippen LogP contribution in [0.1, 0.15) is 59.3 Å². The average Bonchev–Trinajstić information content (AvgIpc) is 2.37. The SMILES string of the molecule is CC(O)C1CCN(C(=O)C2CCCCC2(C)C)CC1. The lowest BCUT2D eigenvalue weighted by Gasteiger charge is -2.42. The van der Waals surface area contributed by atoms with Gasteiger partial charge in [0.1, 0.15) is 0 Å². The van der Waals surface area contributed by atoms with Gasteiger partial charge < -0.3 is 10.0 Å². The third-order valence-electron chi connectivity index (χ3n) is 5.34. The quantitative estimate of drug-likeness (QED) is 0.836. The van der Waals surface area contributed by atoms with Crippen molar-refractivity contribution in [2.24, 2.45) is 17.3 Å². The highest BCUT2D eigenvalue weighted by atomic mass is 16.3. The van der Waals surface area contributed by atoms with Crippen molar-refractivity contribution < 1.29 is 9.90 Å². The second-order valence-corrected chi connectivity index (χ2v) is 7.19. The molecule has 3 heteroatoms. The lowest BCUT2D eigenvalue weighted by Crippen LogP contribution is -2.47. The van der Waals surface area contributed by atoms with Gasteiger partial charge in [0.05, 0.1) is 6.10 Å². The Bertz CT molecular complexity index is 317. The average molecular weight is 267 g/mol. The van der Waals surface area contributed by atoms with E-state index in [1.807, 2.05) is 6.92 Å². The highest BCUT2D eigenvalue weighted by Gasteiger charge is 2.40. The number of carbonyl (C=O) groups is 1. The topological polar surface area (TPSA) is 40.5 Å². The number of piperidine rings is 1. The molecule has 19 heavy (non-hydrogen) atoms. The highest BCUT2D eigenvalue weighted by Crippen LogP contribution is 2.41. The molecule has 1 N–H and O–H groups in total. The number of likely N-dealkylation sites (tertiary alicyclic amines) is 1. The molecule has 1 saturated carbocycles. The molecule has 0 aromatic heterocycles. The summed E-state index contributed by atoms with van der Waals surface area (Å²) in [6.07, 6.45) is 6.37. The zero-order valence-electron chi connectivity index (χ0n) is 12.7. The summed E-state index contributed by atoms with van der Waals surface area (Å²) >= 11 is 0. The lowest BCUT2D eigenvalue weighted by molar-refractivity contribution is -0.143. The van der Waals surface area contributed by atoms with Crippen molar-refractivity contribution in [3.63, 3.8) is 0 Å². The van der Waals surface area contributed by atoms with E-state index in [2.05, 4.69) is 18.7 Å². The summed E-state index contributed by atoms with van der Waals surface area (Å²) in [5, 5.41) is 9.63. The molecule has 3 nitrogen and oxygen atoms in total. The third kappa shape index (κ3) is 3.31. The van der Waals surface area contributed by atoms with E-state index < -0.39 is 0 Å². The molecule has 1 saturated heterocycles. The molecule has 2 unspecified atom stereocenters. The van der Waals surface area contributed by atoms with Gasteiger partial charge in [-0.15, -0.1) is 0 Å². The Morgan fingerprint density at radius 1 is 1.21 bits per heavy atom. The van der Waals surface area contributed by atoms with Gasteiger partial charge in [-0.05, 0) is 43.9 Å². The first kappa shape index (κ1) is 14.8. The molecule has 1 heterocycles. The van der Waals surface area contributed by atoms with Crippen LogP contribution >= 0.6 is 0 Å². The second kappa shape index (κ2) is 5.82. The Kier molecular flexibility index (Phi) is 4.54. The zero-order valence-corrected chi connectivity index (χ0v) is 12.7. The Labute approximate surface area is 117 Å². The number of aliphatic hydroxyl groups excluding tert-OH is 1. The number of amides is 1. The van der Waals surface area contributed by atoms with Gasteiger partial charge in [-0.2, -0.15) is 0 Å². The molecule has 0 bridgehead atoms. The Morgan fingerprint density at radius 2 is 1.84 bits per heavy atom. The molecule has 1 amide bonds. The standard InChI is InChI=1S/C16H29NO2/c1-12(18)13-7-10-17(11-8-13)15(19)14-6-4-5-9-16(14,2)3/h12-14,18H,4-11H2,1-3H3. The molecule has 1 aliphatic carbocycles. The fraction of sp³-hybridized carbons (Fsp3) is 0.938. The maximum atomic E-state index is 12.7. The van der Waals surface area contributed by atoms with E-state index in [0.29, 0.717) is 11.8 Å². The third-order valence-corrected chi connectivity index (χ3v) is 5.34. The van der Waals surface area contributed by atoms with Crippen LogP contribution in [0.4, 0.5) is 0 Å². The minimum Gasteiger partial charge on any atom is -0.393 e. The predicted molar refractivity (Wildman–Crippen MR) is 76.7 cm³/mol. The number of nitrogens with zero attached hydrogens (tertiary/aromatic N) is 1. The van der Waals surface area contributed by atoms with E-state index in [9.17, 15) is 9.90 Å². The molecule has 2 rings (SSSR count). The van der Waals surface area contributed by atoms with Crippen LogP contribution in [0.2, 0.25) is 0 Å². The van der Waals surface area contributed by atoms with Crippen molar-refractivity contribution in [3.8, 4) is 0 Å². The largest absolute Gasteiger partial charge is 0.393 e. The van der Waals surface area contributed by atoms with Gasteiger partial charge >= 0.3 is 0 Å². The van der Waals surface area contributed by atoms with Gasteiger partial charge in [0, 0.05) is 19.0 Å². The molecular weight excluding hydrogens is 238 g/mol. The molecule has 0 radical (unpaired) electrons. The lowest BCUT2D eigenvalue weighted by atomic mass is 9.68.